The van der Waals surface area contributed by atoms with E-state index in [1.807, 2.05) is 0 Å². The molecule has 3 aromatic rings. The van der Waals surface area contributed by atoms with Crippen molar-refractivity contribution < 1.29 is 22.3 Å². The van der Waals surface area contributed by atoms with Gasteiger partial charge in [0.15, 0.2) is 16.5 Å². The number of aromatic nitrogens is 2. The molecule has 0 saturated carbocycles. The minimum Gasteiger partial charge on any atom is -0.486 e. The maximum atomic E-state index is 14.1. The van der Waals surface area contributed by atoms with Gasteiger partial charge in [-0.3, -0.25) is 0 Å². The van der Waals surface area contributed by atoms with E-state index >= 15 is 0 Å². The van der Waals surface area contributed by atoms with Crippen molar-refractivity contribution in [1.29, 1.82) is 0 Å². The topological polar surface area (TPSA) is 81.6 Å². The van der Waals surface area contributed by atoms with Gasteiger partial charge in [-0.1, -0.05) is 23.5 Å². The Balaban J connectivity index is 1.38. The lowest BCUT2D eigenvalue weighted by Crippen LogP contribution is -2.39. The Morgan fingerprint density at radius 1 is 1.06 bits per heavy atom. The third-order valence-electron chi connectivity index (χ3n) is 5.43. The Labute approximate surface area is 183 Å². The summed E-state index contributed by atoms with van der Waals surface area (Å²) in [6.07, 6.45) is 1.52. The van der Waals surface area contributed by atoms with E-state index in [4.69, 9.17) is 9.47 Å². The first-order valence-electron chi connectivity index (χ1n) is 10.0. The van der Waals surface area contributed by atoms with E-state index < -0.39 is 10.0 Å². The number of fused-ring (bicyclic) bond motifs is 1. The van der Waals surface area contributed by atoms with Gasteiger partial charge in [0.05, 0.1) is 4.90 Å². The Morgan fingerprint density at radius 3 is 2.71 bits per heavy atom. The molecule has 1 saturated heterocycles. The molecule has 2 aliphatic rings. The Bertz CT molecular complexity index is 1210. The highest BCUT2D eigenvalue weighted by Gasteiger charge is 2.33. The Kier molecular flexibility index (Phi) is 5.37. The van der Waals surface area contributed by atoms with Crippen LogP contribution in [-0.2, 0) is 10.0 Å². The van der Waals surface area contributed by atoms with E-state index in [9.17, 15) is 12.8 Å². The number of nitrogens with zero attached hydrogens (tertiary/aromatic N) is 3. The third-order valence-corrected chi connectivity index (χ3v) is 8.41. The highest BCUT2D eigenvalue weighted by Crippen LogP contribution is 2.37. The van der Waals surface area contributed by atoms with Gasteiger partial charge in [0.1, 0.15) is 24.0 Å². The zero-order chi connectivity index (χ0) is 21.4. The number of halogens is 1. The summed E-state index contributed by atoms with van der Waals surface area (Å²) in [5.41, 5.74) is 0.405. The van der Waals surface area contributed by atoms with Gasteiger partial charge in [0.25, 0.3) is 0 Å². The monoisotopic (exact) mass is 461 g/mol. The molecule has 10 heteroatoms. The fourth-order valence-electron chi connectivity index (χ4n) is 3.84. The van der Waals surface area contributed by atoms with Crippen LogP contribution in [0.1, 0.15) is 23.8 Å². The van der Waals surface area contributed by atoms with Crippen LogP contribution in [0.25, 0.3) is 10.6 Å². The summed E-state index contributed by atoms with van der Waals surface area (Å²) in [6, 6.07) is 11.1. The van der Waals surface area contributed by atoms with E-state index in [-0.39, 0.29) is 16.6 Å². The molecule has 31 heavy (non-hydrogen) atoms. The molecular formula is C21H20FN3O4S2. The molecule has 0 aliphatic carbocycles. The number of benzene rings is 2. The molecule has 3 heterocycles. The van der Waals surface area contributed by atoms with E-state index in [2.05, 4.69) is 10.2 Å². The van der Waals surface area contributed by atoms with Crippen LogP contribution in [0.2, 0.25) is 0 Å². The van der Waals surface area contributed by atoms with Crippen LogP contribution in [0.3, 0.4) is 0 Å². The smallest absolute Gasteiger partial charge is 0.243 e. The minimum atomic E-state index is -3.69. The standard InChI is InChI=1S/C21H20FN3O4S2/c22-17-6-2-1-5-16(17)21-24-23-20(30-21)14-4-3-9-25(13-14)31(26,27)15-7-8-18-19(12-15)29-11-10-28-18/h1-2,5-8,12,14H,3-4,9-11,13H2/t14-/m0/s1. The second-order valence-corrected chi connectivity index (χ2v) is 10.4. The highest BCUT2D eigenvalue weighted by atomic mass is 32.2. The van der Waals surface area contributed by atoms with E-state index in [0.29, 0.717) is 54.8 Å². The van der Waals surface area contributed by atoms with Crippen molar-refractivity contribution in [2.45, 2.75) is 23.7 Å². The molecule has 1 aromatic heterocycles. The van der Waals surface area contributed by atoms with Crippen molar-refractivity contribution in [3.05, 3.63) is 53.3 Å². The van der Waals surface area contributed by atoms with Crippen molar-refractivity contribution in [2.75, 3.05) is 26.3 Å². The normalized spacial score (nSPS) is 19.3. The van der Waals surface area contributed by atoms with E-state index in [1.165, 1.54) is 27.8 Å². The molecule has 0 bridgehead atoms. The molecule has 0 unspecified atom stereocenters. The second kappa shape index (κ2) is 8.18. The van der Waals surface area contributed by atoms with Gasteiger partial charge in [0, 0.05) is 30.6 Å². The van der Waals surface area contributed by atoms with Gasteiger partial charge in [0.2, 0.25) is 10.0 Å². The first-order chi connectivity index (χ1) is 15.0. The Hall–Kier alpha value is -2.56. The Morgan fingerprint density at radius 2 is 1.87 bits per heavy atom. The molecule has 1 fully saturated rings. The summed E-state index contributed by atoms with van der Waals surface area (Å²) in [5.74, 6) is 0.561. The number of piperidine rings is 1. The lowest BCUT2D eigenvalue weighted by Gasteiger charge is -2.31. The highest BCUT2D eigenvalue weighted by molar-refractivity contribution is 7.89. The average molecular weight is 462 g/mol. The molecule has 0 N–H and O–H groups in total. The first-order valence-corrected chi connectivity index (χ1v) is 12.3. The van der Waals surface area contributed by atoms with Crippen molar-refractivity contribution in [3.8, 4) is 22.1 Å². The summed E-state index contributed by atoms with van der Waals surface area (Å²) in [5, 5.41) is 9.62. The van der Waals surface area contributed by atoms with Crippen LogP contribution < -0.4 is 9.47 Å². The molecule has 0 amide bonds. The van der Waals surface area contributed by atoms with Crippen molar-refractivity contribution in [2.24, 2.45) is 0 Å². The second-order valence-electron chi connectivity index (χ2n) is 7.43. The number of ether oxygens (including phenoxy) is 2. The van der Waals surface area contributed by atoms with Crippen LogP contribution in [0.4, 0.5) is 4.39 Å². The zero-order valence-electron chi connectivity index (χ0n) is 16.5. The van der Waals surface area contributed by atoms with E-state index in [0.717, 1.165) is 11.4 Å². The predicted molar refractivity (Wildman–Crippen MR) is 113 cm³/mol. The molecular weight excluding hydrogens is 441 g/mol. The zero-order valence-corrected chi connectivity index (χ0v) is 18.2. The number of hydrogen-bond acceptors (Lipinski definition) is 7. The average Bonchev–Trinajstić information content (AvgIpc) is 3.29. The van der Waals surface area contributed by atoms with Crippen LogP contribution in [0.5, 0.6) is 11.5 Å². The van der Waals surface area contributed by atoms with Gasteiger partial charge in [-0.2, -0.15) is 4.31 Å². The molecule has 5 rings (SSSR count). The molecule has 2 aromatic carbocycles. The number of sulfonamides is 1. The molecule has 2 aliphatic heterocycles. The van der Waals surface area contributed by atoms with Gasteiger partial charge in [-0.15, -0.1) is 10.2 Å². The lowest BCUT2D eigenvalue weighted by molar-refractivity contribution is 0.171. The fraction of sp³-hybridized carbons (Fsp3) is 0.333. The number of hydrogen-bond donors (Lipinski definition) is 0. The maximum absolute atomic E-state index is 14.1. The minimum absolute atomic E-state index is 0.0845. The summed E-state index contributed by atoms with van der Waals surface area (Å²) >= 11 is 1.31. The van der Waals surface area contributed by atoms with Crippen molar-refractivity contribution >= 4 is 21.4 Å². The third kappa shape index (κ3) is 3.90. The summed E-state index contributed by atoms with van der Waals surface area (Å²) in [4.78, 5) is 0.182. The number of rotatable bonds is 4. The van der Waals surface area contributed by atoms with Crippen LogP contribution in [0.15, 0.2) is 47.4 Å². The van der Waals surface area contributed by atoms with Gasteiger partial charge in [-0.05, 0) is 37.1 Å². The fourth-order valence-corrected chi connectivity index (χ4v) is 6.37. The van der Waals surface area contributed by atoms with Gasteiger partial charge < -0.3 is 9.47 Å². The molecule has 162 valence electrons. The summed E-state index contributed by atoms with van der Waals surface area (Å²) in [6.45, 7) is 1.59. The van der Waals surface area contributed by atoms with Crippen molar-refractivity contribution in [1.82, 2.24) is 14.5 Å². The van der Waals surface area contributed by atoms with Crippen LogP contribution in [-0.4, -0.2) is 49.2 Å². The molecule has 1 atom stereocenters. The van der Waals surface area contributed by atoms with Crippen molar-refractivity contribution in [3.63, 3.8) is 0 Å². The summed E-state index contributed by atoms with van der Waals surface area (Å²) < 4.78 is 53.1. The van der Waals surface area contributed by atoms with Crippen LogP contribution in [0, 0.1) is 5.82 Å². The van der Waals surface area contributed by atoms with Gasteiger partial charge in [-0.25, -0.2) is 12.8 Å². The van der Waals surface area contributed by atoms with Crippen LogP contribution >= 0.6 is 11.3 Å². The maximum Gasteiger partial charge on any atom is 0.243 e. The first kappa shape index (κ1) is 20.3. The summed E-state index contributed by atoms with van der Waals surface area (Å²) in [7, 11) is -3.69. The predicted octanol–water partition coefficient (Wildman–Crippen LogP) is 3.68. The van der Waals surface area contributed by atoms with Gasteiger partial charge >= 0.3 is 0 Å². The molecule has 0 spiro atoms. The molecule has 7 nitrogen and oxygen atoms in total. The molecule has 0 radical (unpaired) electrons. The lowest BCUT2D eigenvalue weighted by atomic mass is 10.0. The largest absolute Gasteiger partial charge is 0.486 e. The van der Waals surface area contributed by atoms with E-state index in [1.54, 1.807) is 30.3 Å². The SMILES string of the molecule is O=S(=O)(c1ccc2c(c1)OCCO2)N1CCC[C@H](c2nnc(-c3ccccc3F)s2)C1. The quantitative estimate of drug-likeness (QED) is 0.590.